The van der Waals surface area contributed by atoms with Gasteiger partial charge in [0.15, 0.2) is 6.04 Å². The summed E-state index contributed by atoms with van der Waals surface area (Å²) in [4.78, 5) is 13.9. The van der Waals surface area contributed by atoms with Crippen molar-refractivity contribution in [1.82, 2.24) is 0 Å². The molecular formula is C21H27N2O+. The van der Waals surface area contributed by atoms with E-state index in [1.807, 2.05) is 19.1 Å². The molecule has 2 N–H and O–H groups in total. The first kappa shape index (κ1) is 16.7. The van der Waals surface area contributed by atoms with Gasteiger partial charge in [0, 0.05) is 17.7 Å². The number of amides is 1. The minimum absolute atomic E-state index is 0.0527. The van der Waals surface area contributed by atoms with Gasteiger partial charge >= 0.3 is 0 Å². The molecular weight excluding hydrogens is 296 g/mol. The number of hydrogen-bond donors (Lipinski definition) is 2. The zero-order valence-electron chi connectivity index (χ0n) is 14.8. The van der Waals surface area contributed by atoms with E-state index in [1.54, 1.807) is 0 Å². The molecule has 0 bridgehead atoms. The van der Waals surface area contributed by atoms with Crippen LogP contribution in [0.2, 0.25) is 0 Å². The summed E-state index contributed by atoms with van der Waals surface area (Å²) in [5.74, 6) is 0.605. The van der Waals surface area contributed by atoms with Crippen LogP contribution in [-0.4, -0.2) is 18.5 Å². The Bertz CT molecular complexity index is 706. The lowest BCUT2D eigenvalue weighted by atomic mass is 9.98. The van der Waals surface area contributed by atoms with Crippen molar-refractivity contribution in [2.24, 2.45) is 0 Å². The molecule has 1 heterocycles. The number of hydrogen-bond acceptors (Lipinski definition) is 1. The number of anilines is 1. The molecule has 1 amide bonds. The van der Waals surface area contributed by atoms with Crippen LogP contribution in [0.3, 0.4) is 0 Å². The third kappa shape index (κ3) is 3.68. The highest BCUT2D eigenvalue weighted by molar-refractivity contribution is 5.93. The number of fused-ring (bicyclic) bond motifs is 1. The Labute approximate surface area is 144 Å². The topological polar surface area (TPSA) is 33.5 Å². The van der Waals surface area contributed by atoms with Crippen LogP contribution in [0, 0.1) is 0 Å². The molecule has 0 fully saturated rings. The highest BCUT2D eigenvalue weighted by Gasteiger charge is 2.28. The Balaban J connectivity index is 1.63. The molecule has 126 valence electrons. The van der Waals surface area contributed by atoms with E-state index in [4.69, 9.17) is 0 Å². The van der Waals surface area contributed by atoms with Crippen molar-refractivity contribution in [3.05, 3.63) is 65.2 Å². The molecule has 0 saturated carbocycles. The summed E-state index contributed by atoms with van der Waals surface area (Å²) in [7, 11) is 0. The molecule has 0 aliphatic carbocycles. The molecule has 3 nitrogen and oxygen atoms in total. The highest BCUT2D eigenvalue weighted by Crippen LogP contribution is 2.17. The lowest BCUT2D eigenvalue weighted by Crippen LogP contribution is -3.16. The Morgan fingerprint density at radius 1 is 1.00 bits per heavy atom. The number of quaternary nitrogens is 1. The molecule has 3 rings (SSSR count). The fraction of sp³-hybridized carbons (Fsp3) is 0.381. The van der Waals surface area contributed by atoms with Gasteiger partial charge in [0.25, 0.3) is 5.91 Å². The average molecular weight is 323 g/mol. The smallest absolute Gasteiger partial charge is 0.282 e. The number of benzene rings is 2. The van der Waals surface area contributed by atoms with Gasteiger partial charge in [-0.2, -0.15) is 0 Å². The fourth-order valence-electron chi connectivity index (χ4n) is 3.36. The monoisotopic (exact) mass is 323 g/mol. The number of carbonyl (C=O) groups excluding carboxylic acids is 1. The van der Waals surface area contributed by atoms with E-state index in [-0.39, 0.29) is 11.9 Å². The van der Waals surface area contributed by atoms with E-state index < -0.39 is 0 Å². The third-order valence-electron chi connectivity index (χ3n) is 5.10. The van der Waals surface area contributed by atoms with E-state index in [0.29, 0.717) is 5.92 Å². The summed E-state index contributed by atoms with van der Waals surface area (Å²) in [5.41, 5.74) is 4.98. The van der Waals surface area contributed by atoms with Crippen LogP contribution in [0.5, 0.6) is 0 Å². The first-order valence-corrected chi connectivity index (χ1v) is 8.87. The van der Waals surface area contributed by atoms with Crippen molar-refractivity contribution in [3.63, 3.8) is 0 Å². The van der Waals surface area contributed by atoms with Crippen molar-refractivity contribution >= 4 is 11.6 Å². The summed E-state index contributed by atoms with van der Waals surface area (Å²) < 4.78 is 0. The lowest BCUT2D eigenvalue weighted by molar-refractivity contribution is -0.929. The molecule has 2 aromatic rings. The van der Waals surface area contributed by atoms with Gasteiger partial charge in [-0.25, -0.2) is 0 Å². The Hall–Kier alpha value is -2.13. The zero-order chi connectivity index (χ0) is 17.1. The van der Waals surface area contributed by atoms with E-state index >= 15 is 0 Å². The lowest BCUT2D eigenvalue weighted by Gasteiger charge is -2.30. The van der Waals surface area contributed by atoms with Crippen LogP contribution < -0.4 is 10.2 Å². The third-order valence-corrected chi connectivity index (χ3v) is 5.10. The molecule has 0 radical (unpaired) electrons. The van der Waals surface area contributed by atoms with Gasteiger partial charge in [0.1, 0.15) is 6.54 Å². The SMILES string of the molecule is CC(C)c1ccc(NC(=O)[C@@H](C)[NH+]2CCc3ccccc3C2)cc1. The van der Waals surface area contributed by atoms with Gasteiger partial charge in [-0.1, -0.05) is 50.2 Å². The molecule has 1 aliphatic heterocycles. The van der Waals surface area contributed by atoms with Crippen molar-refractivity contribution in [2.45, 2.75) is 45.7 Å². The van der Waals surface area contributed by atoms with Gasteiger partial charge in [-0.3, -0.25) is 4.79 Å². The van der Waals surface area contributed by atoms with Crippen LogP contribution in [0.15, 0.2) is 48.5 Å². The van der Waals surface area contributed by atoms with Crippen molar-refractivity contribution in [1.29, 1.82) is 0 Å². The second kappa shape index (κ2) is 7.18. The number of rotatable bonds is 4. The van der Waals surface area contributed by atoms with E-state index in [9.17, 15) is 4.79 Å². The maximum Gasteiger partial charge on any atom is 0.282 e. The highest BCUT2D eigenvalue weighted by atomic mass is 16.2. The van der Waals surface area contributed by atoms with Crippen LogP contribution in [-0.2, 0) is 17.8 Å². The second-order valence-electron chi connectivity index (χ2n) is 7.09. The first-order chi connectivity index (χ1) is 11.5. The second-order valence-corrected chi connectivity index (χ2v) is 7.09. The van der Waals surface area contributed by atoms with Crippen molar-refractivity contribution < 1.29 is 9.69 Å². The fourth-order valence-corrected chi connectivity index (χ4v) is 3.36. The molecule has 2 atom stereocenters. The largest absolute Gasteiger partial charge is 0.321 e. The molecule has 1 aliphatic rings. The number of nitrogens with one attached hydrogen (secondary N) is 2. The molecule has 0 aromatic heterocycles. The van der Waals surface area contributed by atoms with Gasteiger partial charge < -0.3 is 10.2 Å². The Morgan fingerprint density at radius 2 is 1.67 bits per heavy atom. The van der Waals surface area contributed by atoms with Crippen LogP contribution >= 0.6 is 0 Å². The van der Waals surface area contributed by atoms with Gasteiger partial charge in [0.05, 0.1) is 6.54 Å². The van der Waals surface area contributed by atoms with E-state index in [0.717, 1.165) is 25.2 Å². The van der Waals surface area contributed by atoms with E-state index in [2.05, 4.69) is 55.6 Å². The zero-order valence-corrected chi connectivity index (χ0v) is 14.8. The summed E-state index contributed by atoms with van der Waals surface area (Å²) in [6.07, 6.45) is 1.05. The predicted octanol–water partition coefficient (Wildman–Crippen LogP) is 2.78. The Kier molecular flexibility index (Phi) is 5.00. The quantitative estimate of drug-likeness (QED) is 0.891. The first-order valence-electron chi connectivity index (χ1n) is 8.87. The van der Waals surface area contributed by atoms with Gasteiger partial charge in [-0.15, -0.1) is 0 Å². The maximum atomic E-state index is 12.6. The molecule has 0 saturated heterocycles. The number of carbonyl (C=O) groups is 1. The van der Waals surface area contributed by atoms with Gasteiger partial charge in [-0.05, 0) is 36.1 Å². The molecule has 1 unspecified atom stereocenters. The van der Waals surface area contributed by atoms with E-state index in [1.165, 1.54) is 21.6 Å². The maximum absolute atomic E-state index is 12.6. The summed E-state index contributed by atoms with van der Waals surface area (Å²) in [6, 6.07) is 16.7. The Morgan fingerprint density at radius 3 is 2.33 bits per heavy atom. The minimum atomic E-state index is -0.0527. The minimum Gasteiger partial charge on any atom is -0.321 e. The molecule has 0 spiro atoms. The van der Waals surface area contributed by atoms with Crippen LogP contribution in [0.1, 0.15) is 43.4 Å². The predicted molar refractivity (Wildman–Crippen MR) is 98.3 cm³/mol. The van der Waals surface area contributed by atoms with Crippen molar-refractivity contribution in [2.75, 3.05) is 11.9 Å². The standard InChI is InChI=1S/C21H26N2O/c1-15(2)17-8-10-20(11-9-17)22-21(24)16(3)23-13-12-18-6-4-5-7-19(18)14-23/h4-11,15-16H,12-14H2,1-3H3,(H,22,24)/p+1/t16-/m1/s1. The van der Waals surface area contributed by atoms with Gasteiger partial charge in [0.2, 0.25) is 0 Å². The average Bonchev–Trinajstić information content (AvgIpc) is 2.61. The van der Waals surface area contributed by atoms with Crippen LogP contribution in [0.4, 0.5) is 5.69 Å². The summed E-state index contributed by atoms with van der Waals surface area (Å²) in [6.45, 7) is 8.32. The molecule has 24 heavy (non-hydrogen) atoms. The summed E-state index contributed by atoms with van der Waals surface area (Å²) in [5, 5.41) is 3.07. The summed E-state index contributed by atoms with van der Waals surface area (Å²) >= 11 is 0. The normalized spacial score (nSPS) is 18.1. The van der Waals surface area contributed by atoms with Crippen LogP contribution in [0.25, 0.3) is 0 Å². The molecule has 2 aromatic carbocycles. The van der Waals surface area contributed by atoms with Crippen molar-refractivity contribution in [3.8, 4) is 0 Å². The molecule has 3 heteroatoms.